The Labute approximate surface area is 74.6 Å². The molecule has 1 aromatic rings. The van der Waals surface area contributed by atoms with Crippen LogP contribution < -0.4 is 4.90 Å². The molecule has 0 bridgehead atoms. The highest BCUT2D eigenvalue weighted by molar-refractivity contribution is 5.38. The largest absolute Gasteiger partial charge is 0.358 e. The van der Waals surface area contributed by atoms with Crippen molar-refractivity contribution in [2.45, 2.75) is 26.7 Å². The van der Waals surface area contributed by atoms with Crippen LogP contribution in [-0.4, -0.2) is 18.1 Å². The summed E-state index contributed by atoms with van der Waals surface area (Å²) in [4.78, 5) is 5.62. The average molecular weight is 166 g/mol. The standard InChI is InChI=1S/C10H18N2/c1-3-8-12(9-4-2)10-6-5-7-11-10/h5-7,11H,3-4,8-9H2,1-2H3. The molecule has 2 heteroatoms. The molecule has 0 aromatic carbocycles. The van der Waals surface area contributed by atoms with Gasteiger partial charge in [0, 0.05) is 19.3 Å². The van der Waals surface area contributed by atoms with Gasteiger partial charge in [0.05, 0.1) is 0 Å². The van der Waals surface area contributed by atoms with Gasteiger partial charge in [-0.3, -0.25) is 0 Å². The van der Waals surface area contributed by atoms with Gasteiger partial charge in [-0.05, 0) is 25.0 Å². The number of rotatable bonds is 5. The van der Waals surface area contributed by atoms with Crippen LogP contribution in [0.4, 0.5) is 5.82 Å². The van der Waals surface area contributed by atoms with Gasteiger partial charge in [0.1, 0.15) is 5.82 Å². The number of H-pyrrole nitrogens is 1. The highest BCUT2D eigenvalue weighted by Crippen LogP contribution is 2.10. The Morgan fingerprint density at radius 1 is 1.25 bits per heavy atom. The third-order valence-electron chi connectivity index (χ3n) is 1.91. The zero-order valence-electron chi connectivity index (χ0n) is 8.01. The molecule has 1 rings (SSSR count). The van der Waals surface area contributed by atoms with Gasteiger partial charge in [0.25, 0.3) is 0 Å². The lowest BCUT2D eigenvalue weighted by molar-refractivity contribution is 0.736. The molecule has 0 aliphatic rings. The number of anilines is 1. The summed E-state index contributed by atoms with van der Waals surface area (Å²) < 4.78 is 0. The maximum absolute atomic E-state index is 3.23. The Morgan fingerprint density at radius 2 is 1.92 bits per heavy atom. The quantitative estimate of drug-likeness (QED) is 0.712. The lowest BCUT2D eigenvalue weighted by Gasteiger charge is -2.21. The van der Waals surface area contributed by atoms with Gasteiger partial charge in [0.2, 0.25) is 0 Å². The van der Waals surface area contributed by atoms with Crippen molar-refractivity contribution in [1.29, 1.82) is 0 Å². The lowest BCUT2D eigenvalue weighted by atomic mass is 10.3. The maximum Gasteiger partial charge on any atom is 0.105 e. The second kappa shape index (κ2) is 4.86. The number of aromatic amines is 1. The second-order valence-corrected chi connectivity index (χ2v) is 3.04. The first-order valence-electron chi connectivity index (χ1n) is 4.76. The topological polar surface area (TPSA) is 19.0 Å². The molecule has 0 aliphatic carbocycles. The van der Waals surface area contributed by atoms with E-state index in [-0.39, 0.29) is 0 Å². The minimum atomic E-state index is 1.15. The smallest absolute Gasteiger partial charge is 0.105 e. The van der Waals surface area contributed by atoms with Crippen LogP contribution >= 0.6 is 0 Å². The van der Waals surface area contributed by atoms with Crippen molar-refractivity contribution in [1.82, 2.24) is 4.98 Å². The Hall–Kier alpha value is -0.920. The van der Waals surface area contributed by atoms with Gasteiger partial charge in [-0.15, -0.1) is 0 Å². The molecule has 0 spiro atoms. The summed E-state index contributed by atoms with van der Waals surface area (Å²) in [5.41, 5.74) is 0. The van der Waals surface area contributed by atoms with Crippen molar-refractivity contribution < 1.29 is 0 Å². The van der Waals surface area contributed by atoms with E-state index in [1.807, 2.05) is 12.3 Å². The molecule has 0 saturated carbocycles. The molecule has 1 heterocycles. The molecule has 0 radical (unpaired) electrons. The number of nitrogens with zero attached hydrogens (tertiary/aromatic N) is 1. The molecular formula is C10H18N2. The number of nitrogens with one attached hydrogen (secondary N) is 1. The van der Waals surface area contributed by atoms with E-state index in [1.54, 1.807) is 0 Å². The zero-order chi connectivity index (χ0) is 8.81. The van der Waals surface area contributed by atoms with Gasteiger partial charge >= 0.3 is 0 Å². The average Bonchev–Trinajstić information content (AvgIpc) is 2.56. The van der Waals surface area contributed by atoms with Crippen LogP contribution in [0.25, 0.3) is 0 Å². The zero-order valence-corrected chi connectivity index (χ0v) is 8.01. The summed E-state index contributed by atoms with van der Waals surface area (Å²) >= 11 is 0. The normalized spacial score (nSPS) is 10.2. The SMILES string of the molecule is CCCN(CCC)c1ccc[nH]1. The molecule has 1 N–H and O–H groups in total. The fourth-order valence-electron chi connectivity index (χ4n) is 1.41. The molecule has 1 aromatic heterocycles. The van der Waals surface area contributed by atoms with E-state index in [0.717, 1.165) is 13.1 Å². The van der Waals surface area contributed by atoms with Gasteiger partial charge in [-0.1, -0.05) is 13.8 Å². The van der Waals surface area contributed by atoms with Gasteiger partial charge in [-0.2, -0.15) is 0 Å². The summed E-state index contributed by atoms with van der Waals surface area (Å²) in [7, 11) is 0. The molecule has 0 aliphatic heterocycles. The summed E-state index contributed by atoms with van der Waals surface area (Å²) in [6.45, 7) is 6.72. The summed E-state index contributed by atoms with van der Waals surface area (Å²) in [5, 5.41) is 0. The lowest BCUT2D eigenvalue weighted by Crippen LogP contribution is -2.24. The fraction of sp³-hybridized carbons (Fsp3) is 0.600. The monoisotopic (exact) mass is 166 g/mol. The van der Waals surface area contributed by atoms with E-state index in [2.05, 4.69) is 29.8 Å². The molecule has 2 nitrogen and oxygen atoms in total. The number of hydrogen-bond acceptors (Lipinski definition) is 1. The predicted molar refractivity (Wildman–Crippen MR) is 53.6 cm³/mol. The van der Waals surface area contributed by atoms with Crippen molar-refractivity contribution in [3.05, 3.63) is 18.3 Å². The van der Waals surface area contributed by atoms with Crippen LogP contribution in [0.2, 0.25) is 0 Å². The Balaban J connectivity index is 2.53. The maximum atomic E-state index is 3.23. The van der Waals surface area contributed by atoms with Gasteiger partial charge in [0.15, 0.2) is 0 Å². The molecule has 0 atom stereocenters. The second-order valence-electron chi connectivity index (χ2n) is 3.04. The summed E-state index contributed by atoms with van der Waals surface area (Å²) in [6, 6.07) is 4.18. The highest BCUT2D eigenvalue weighted by Gasteiger charge is 2.02. The number of aromatic nitrogens is 1. The van der Waals surface area contributed by atoms with E-state index in [4.69, 9.17) is 0 Å². The molecule has 68 valence electrons. The van der Waals surface area contributed by atoms with Crippen molar-refractivity contribution in [2.24, 2.45) is 0 Å². The molecular weight excluding hydrogens is 148 g/mol. The number of hydrogen-bond donors (Lipinski definition) is 1. The van der Waals surface area contributed by atoms with Crippen molar-refractivity contribution in [2.75, 3.05) is 18.0 Å². The molecule has 0 unspecified atom stereocenters. The van der Waals surface area contributed by atoms with Crippen LogP contribution in [0.5, 0.6) is 0 Å². The molecule has 0 saturated heterocycles. The summed E-state index contributed by atoms with van der Waals surface area (Å²) in [6.07, 6.45) is 4.39. The Morgan fingerprint density at radius 3 is 2.33 bits per heavy atom. The van der Waals surface area contributed by atoms with E-state index in [1.165, 1.54) is 18.7 Å². The minimum Gasteiger partial charge on any atom is -0.358 e. The fourth-order valence-corrected chi connectivity index (χ4v) is 1.41. The van der Waals surface area contributed by atoms with E-state index < -0.39 is 0 Å². The van der Waals surface area contributed by atoms with E-state index in [9.17, 15) is 0 Å². The Bertz CT molecular complexity index is 186. The highest BCUT2D eigenvalue weighted by atomic mass is 15.2. The van der Waals surface area contributed by atoms with E-state index >= 15 is 0 Å². The van der Waals surface area contributed by atoms with Crippen LogP contribution in [-0.2, 0) is 0 Å². The van der Waals surface area contributed by atoms with Crippen LogP contribution in [0.3, 0.4) is 0 Å². The first-order valence-corrected chi connectivity index (χ1v) is 4.76. The molecule has 12 heavy (non-hydrogen) atoms. The minimum absolute atomic E-state index is 1.15. The third kappa shape index (κ3) is 2.29. The summed E-state index contributed by atoms with van der Waals surface area (Å²) in [5.74, 6) is 1.25. The van der Waals surface area contributed by atoms with Crippen molar-refractivity contribution >= 4 is 5.82 Å². The van der Waals surface area contributed by atoms with E-state index in [0.29, 0.717) is 0 Å². The van der Waals surface area contributed by atoms with Gasteiger partial charge in [-0.25, -0.2) is 0 Å². The third-order valence-corrected chi connectivity index (χ3v) is 1.91. The van der Waals surface area contributed by atoms with Crippen LogP contribution in [0.1, 0.15) is 26.7 Å². The Kier molecular flexibility index (Phi) is 3.71. The first kappa shape index (κ1) is 9.17. The van der Waals surface area contributed by atoms with Crippen LogP contribution in [0.15, 0.2) is 18.3 Å². The molecule has 0 amide bonds. The van der Waals surface area contributed by atoms with Crippen LogP contribution in [0, 0.1) is 0 Å². The van der Waals surface area contributed by atoms with Crippen molar-refractivity contribution in [3.8, 4) is 0 Å². The van der Waals surface area contributed by atoms with Crippen molar-refractivity contribution in [3.63, 3.8) is 0 Å². The first-order chi connectivity index (χ1) is 5.88. The molecule has 0 fully saturated rings. The predicted octanol–water partition coefficient (Wildman–Crippen LogP) is 2.64. The van der Waals surface area contributed by atoms with Gasteiger partial charge < -0.3 is 9.88 Å².